The van der Waals surface area contributed by atoms with E-state index >= 15 is 0 Å². The highest BCUT2D eigenvalue weighted by molar-refractivity contribution is 6.42. The third kappa shape index (κ3) is 6.62. The summed E-state index contributed by atoms with van der Waals surface area (Å²) in [6.45, 7) is 7.24. The maximum absolute atomic E-state index is 12.4. The summed E-state index contributed by atoms with van der Waals surface area (Å²) in [6, 6.07) is 9.37. The fourth-order valence-electron chi connectivity index (χ4n) is 2.84. The van der Waals surface area contributed by atoms with E-state index in [2.05, 4.69) is 0 Å². The lowest BCUT2D eigenvalue weighted by Gasteiger charge is -2.28. The molecule has 33 heavy (non-hydrogen) atoms. The standard InChI is InChI=1S/C23H24Cl2F3NO4/c1-5-22(4,32)12-33-18-16(24)10-14(11-17(18)25)21(2,3)13-6-8-15(9-7-13)29-20(31)19(30)23(26,27)28/h6-11,32H,5,12H2,1-4H3,(H,29,31). The quantitative estimate of drug-likeness (QED) is 0.436. The molecule has 0 saturated heterocycles. The Morgan fingerprint density at radius 1 is 1.00 bits per heavy atom. The van der Waals surface area contributed by atoms with Gasteiger partial charge in [-0.15, -0.1) is 0 Å². The maximum atomic E-state index is 12.4. The van der Waals surface area contributed by atoms with E-state index in [-0.39, 0.29) is 28.1 Å². The van der Waals surface area contributed by atoms with Gasteiger partial charge in [0.05, 0.1) is 15.6 Å². The van der Waals surface area contributed by atoms with Crippen LogP contribution in [0, 0.1) is 0 Å². The topological polar surface area (TPSA) is 75.6 Å². The Bertz CT molecular complexity index is 1010. The van der Waals surface area contributed by atoms with Crippen LogP contribution >= 0.6 is 23.2 Å². The second-order valence-electron chi connectivity index (χ2n) is 8.39. The van der Waals surface area contributed by atoms with Crippen LogP contribution in [0.1, 0.15) is 45.2 Å². The molecule has 1 unspecified atom stereocenters. The number of nitrogens with one attached hydrogen (secondary N) is 1. The second kappa shape index (κ2) is 9.91. The van der Waals surface area contributed by atoms with E-state index in [0.29, 0.717) is 6.42 Å². The van der Waals surface area contributed by atoms with E-state index in [9.17, 15) is 27.9 Å². The van der Waals surface area contributed by atoms with E-state index in [4.69, 9.17) is 27.9 Å². The van der Waals surface area contributed by atoms with Crippen LogP contribution in [0.25, 0.3) is 0 Å². The van der Waals surface area contributed by atoms with Gasteiger partial charge in [0.15, 0.2) is 5.75 Å². The molecule has 1 amide bonds. The minimum Gasteiger partial charge on any atom is -0.487 e. The van der Waals surface area contributed by atoms with Crippen LogP contribution in [-0.2, 0) is 15.0 Å². The average molecular weight is 506 g/mol. The molecule has 180 valence electrons. The third-order valence-electron chi connectivity index (χ3n) is 5.34. The summed E-state index contributed by atoms with van der Waals surface area (Å²) in [4.78, 5) is 22.5. The fourth-order valence-corrected chi connectivity index (χ4v) is 3.44. The first-order chi connectivity index (χ1) is 15.1. The molecule has 0 fully saturated rings. The van der Waals surface area contributed by atoms with E-state index in [0.717, 1.165) is 11.1 Å². The molecule has 10 heteroatoms. The molecule has 2 aromatic rings. The van der Waals surface area contributed by atoms with Gasteiger partial charge in [0.1, 0.15) is 6.61 Å². The number of hydrogen-bond acceptors (Lipinski definition) is 4. The molecule has 0 radical (unpaired) electrons. The van der Waals surface area contributed by atoms with Gasteiger partial charge in [0.2, 0.25) is 0 Å². The lowest BCUT2D eigenvalue weighted by Crippen LogP contribution is -2.35. The number of halogens is 5. The first-order valence-corrected chi connectivity index (χ1v) is 10.7. The molecule has 0 aromatic heterocycles. The second-order valence-corrected chi connectivity index (χ2v) is 9.21. The van der Waals surface area contributed by atoms with Gasteiger partial charge in [0, 0.05) is 11.1 Å². The van der Waals surface area contributed by atoms with Crippen LogP contribution < -0.4 is 10.1 Å². The molecule has 0 heterocycles. The molecular formula is C23H24Cl2F3NO4. The summed E-state index contributed by atoms with van der Waals surface area (Å²) in [5.41, 5.74) is -0.147. The number of ketones is 1. The average Bonchev–Trinajstić information content (AvgIpc) is 2.72. The van der Waals surface area contributed by atoms with Crippen molar-refractivity contribution in [2.24, 2.45) is 0 Å². The molecule has 2 aromatic carbocycles. The van der Waals surface area contributed by atoms with Crippen molar-refractivity contribution < 1.29 is 32.6 Å². The number of carbonyl (C=O) groups is 2. The van der Waals surface area contributed by atoms with Gasteiger partial charge in [-0.05, 0) is 48.7 Å². The van der Waals surface area contributed by atoms with E-state index < -0.39 is 28.9 Å². The first-order valence-electron chi connectivity index (χ1n) is 9.96. The first kappa shape index (κ1) is 27.0. The van der Waals surface area contributed by atoms with Crippen LogP contribution in [0.15, 0.2) is 36.4 Å². The zero-order valence-corrected chi connectivity index (χ0v) is 20.0. The predicted octanol–water partition coefficient (Wildman–Crippen LogP) is 5.93. The van der Waals surface area contributed by atoms with Gasteiger partial charge in [-0.3, -0.25) is 9.59 Å². The Kier molecular flexibility index (Phi) is 8.10. The number of alkyl halides is 3. The Morgan fingerprint density at radius 3 is 1.97 bits per heavy atom. The molecule has 0 aliphatic rings. The van der Waals surface area contributed by atoms with Gasteiger partial charge in [-0.2, -0.15) is 13.2 Å². The normalized spacial score (nSPS) is 13.9. The molecule has 2 N–H and O–H groups in total. The highest BCUT2D eigenvalue weighted by Crippen LogP contribution is 2.41. The lowest BCUT2D eigenvalue weighted by atomic mass is 9.78. The molecule has 0 saturated carbocycles. The number of Topliss-reactive ketones (excluding diaryl/α,β-unsaturated/α-hetero) is 1. The Balaban J connectivity index is 2.24. The fraction of sp³-hybridized carbons (Fsp3) is 0.391. The molecule has 0 aliphatic carbocycles. The van der Waals surface area contributed by atoms with Crippen LogP contribution in [0.3, 0.4) is 0 Å². The molecular weight excluding hydrogens is 482 g/mol. The van der Waals surface area contributed by atoms with E-state index in [1.165, 1.54) is 12.1 Å². The number of ether oxygens (including phenoxy) is 1. The number of rotatable bonds is 8. The van der Waals surface area contributed by atoms with Crippen LogP contribution in [-0.4, -0.2) is 35.2 Å². The lowest BCUT2D eigenvalue weighted by molar-refractivity contribution is -0.173. The summed E-state index contributed by atoms with van der Waals surface area (Å²) in [6.07, 6.45) is -4.76. The number of hydrogen-bond donors (Lipinski definition) is 2. The van der Waals surface area contributed by atoms with E-state index in [1.807, 2.05) is 26.1 Å². The van der Waals surface area contributed by atoms with Crippen molar-refractivity contribution in [2.45, 2.75) is 51.3 Å². The molecule has 2 rings (SSSR count). The number of amides is 1. The Morgan fingerprint density at radius 2 is 1.52 bits per heavy atom. The van der Waals surface area contributed by atoms with Crippen LogP contribution in [0.5, 0.6) is 5.75 Å². The summed E-state index contributed by atoms with van der Waals surface area (Å²) in [5.74, 6) is -3.98. The van der Waals surface area contributed by atoms with Gasteiger partial charge >= 0.3 is 17.9 Å². The van der Waals surface area contributed by atoms with Gasteiger partial charge < -0.3 is 15.2 Å². The highest BCUT2D eigenvalue weighted by Gasteiger charge is 2.43. The van der Waals surface area contributed by atoms with Crippen molar-refractivity contribution in [3.05, 3.63) is 57.6 Å². The summed E-state index contributed by atoms with van der Waals surface area (Å²) < 4.78 is 42.8. The van der Waals surface area contributed by atoms with E-state index in [1.54, 1.807) is 31.2 Å². The van der Waals surface area contributed by atoms with Gasteiger partial charge in [0.25, 0.3) is 0 Å². The minimum absolute atomic E-state index is 0.00963. The SMILES string of the molecule is CCC(C)(O)COc1c(Cl)cc(C(C)(C)c2ccc(NC(=O)C(=O)C(F)(F)F)cc2)cc1Cl. The van der Waals surface area contributed by atoms with Crippen LogP contribution in [0.4, 0.5) is 18.9 Å². The monoisotopic (exact) mass is 505 g/mol. The van der Waals surface area contributed by atoms with Gasteiger partial charge in [-0.1, -0.05) is 56.1 Å². The highest BCUT2D eigenvalue weighted by atomic mass is 35.5. The zero-order valence-electron chi connectivity index (χ0n) is 18.4. The zero-order chi connectivity index (χ0) is 25.2. The molecule has 5 nitrogen and oxygen atoms in total. The smallest absolute Gasteiger partial charge is 0.460 e. The summed E-state index contributed by atoms with van der Waals surface area (Å²) in [5, 5.41) is 12.6. The number of anilines is 1. The molecule has 0 bridgehead atoms. The third-order valence-corrected chi connectivity index (χ3v) is 5.90. The van der Waals surface area contributed by atoms with Crippen molar-refractivity contribution in [1.29, 1.82) is 0 Å². The predicted molar refractivity (Wildman–Crippen MR) is 121 cm³/mol. The van der Waals surface area contributed by atoms with Crippen LogP contribution in [0.2, 0.25) is 10.0 Å². The van der Waals surface area contributed by atoms with Crippen molar-refractivity contribution in [3.8, 4) is 5.75 Å². The summed E-state index contributed by atoms with van der Waals surface area (Å²) >= 11 is 12.8. The largest absolute Gasteiger partial charge is 0.487 e. The molecule has 0 spiro atoms. The number of benzene rings is 2. The Labute approximate surface area is 199 Å². The Hall–Kier alpha value is -2.29. The number of carbonyl (C=O) groups excluding carboxylic acids is 2. The van der Waals surface area contributed by atoms with Gasteiger partial charge in [-0.25, -0.2) is 0 Å². The van der Waals surface area contributed by atoms with Crippen molar-refractivity contribution in [2.75, 3.05) is 11.9 Å². The van der Waals surface area contributed by atoms with Crippen molar-refractivity contribution in [3.63, 3.8) is 0 Å². The molecule has 1 atom stereocenters. The number of aliphatic hydroxyl groups is 1. The maximum Gasteiger partial charge on any atom is 0.460 e. The van der Waals surface area contributed by atoms with Crippen molar-refractivity contribution in [1.82, 2.24) is 0 Å². The summed E-state index contributed by atoms with van der Waals surface area (Å²) in [7, 11) is 0. The minimum atomic E-state index is -5.24. The van der Waals surface area contributed by atoms with Crippen molar-refractivity contribution >= 4 is 40.6 Å². The molecule has 0 aliphatic heterocycles.